The topological polar surface area (TPSA) is 46.2 Å². The maximum atomic E-state index is 13.6. The first kappa shape index (κ1) is 11.8. The first-order valence-corrected chi connectivity index (χ1v) is 5.80. The van der Waals surface area contributed by atoms with Crippen molar-refractivity contribution in [2.75, 3.05) is 6.54 Å². The molecule has 88 valence electrons. The van der Waals surface area contributed by atoms with Crippen LogP contribution in [0.15, 0.2) is 18.2 Å². The first-order valence-electron chi connectivity index (χ1n) is 5.43. The highest BCUT2D eigenvalue weighted by atomic mass is 35.5. The van der Waals surface area contributed by atoms with Gasteiger partial charge in [-0.2, -0.15) is 0 Å². The SMILES string of the molecule is NCC1(C(O)c2c(F)cccc2Cl)CCC1. The van der Waals surface area contributed by atoms with E-state index in [0.717, 1.165) is 19.3 Å². The smallest absolute Gasteiger partial charge is 0.130 e. The highest BCUT2D eigenvalue weighted by Gasteiger charge is 2.44. The molecular weight excluding hydrogens is 229 g/mol. The Morgan fingerprint density at radius 1 is 1.50 bits per heavy atom. The highest BCUT2D eigenvalue weighted by molar-refractivity contribution is 6.31. The maximum Gasteiger partial charge on any atom is 0.130 e. The van der Waals surface area contributed by atoms with Gasteiger partial charge in [-0.3, -0.25) is 0 Å². The number of aliphatic hydroxyl groups excluding tert-OH is 1. The van der Waals surface area contributed by atoms with Gasteiger partial charge in [-0.05, 0) is 25.0 Å². The van der Waals surface area contributed by atoms with Gasteiger partial charge in [0.1, 0.15) is 5.82 Å². The standard InChI is InChI=1S/C12H15ClFNO/c13-8-3-1-4-9(14)10(8)11(16)12(7-15)5-2-6-12/h1,3-4,11,16H,2,5-7,15H2. The number of hydrogen-bond acceptors (Lipinski definition) is 2. The van der Waals surface area contributed by atoms with E-state index in [-0.39, 0.29) is 16.0 Å². The maximum absolute atomic E-state index is 13.6. The molecule has 2 rings (SSSR count). The normalized spacial score (nSPS) is 20.2. The predicted octanol–water partition coefficient (Wildman–Crippen LogP) is 2.64. The summed E-state index contributed by atoms with van der Waals surface area (Å²) in [6.07, 6.45) is 1.78. The van der Waals surface area contributed by atoms with Gasteiger partial charge in [0.15, 0.2) is 0 Å². The average molecular weight is 244 g/mol. The van der Waals surface area contributed by atoms with Crippen LogP contribution >= 0.6 is 11.6 Å². The Kier molecular flexibility index (Phi) is 3.19. The minimum Gasteiger partial charge on any atom is -0.388 e. The molecule has 1 saturated carbocycles. The lowest BCUT2D eigenvalue weighted by atomic mass is 9.63. The van der Waals surface area contributed by atoms with E-state index in [1.165, 1.54) is 12.1 Å². The van der Waals surface area contributed by atoms with E-state index >= 15 is 0 Å². The van der Waals surface area contributed by atoms with E-state index in [4.69, 9.17) is 17.3 Å². The van der Waals surface area contributed by atoms with Gasteiger partial charge < -0.3 is 10.8 Å². The van der Waals surface area contributed by atoms with Gasteiger partial charge in [-0.25, -0.2) is 4.39 Å². The van der Waals surface area contributed by atoms with Crippen molar-refractivity contribution >= 4 is 11.6 Å². The van der Waals surface area contributed by atoms with Crippen LogP contribution < -0.4 is 5.73 Å². The van der Waals surface area contributed by atoms with Gasteiger partial charge in [-0.15, -0.1) is 0 Å². The Morgan fingerprint density at radius 2 is 2.19 bits per heavy atom. The third-order valence-corrected chi connectivity index (χ3v) is 3.94. The Bertz CT molecular complexity index is 367. The van der Waals surface area contributed by atoms with Gasteiger partial charge in [0.05, 0.1) is 6.10 Å². The van der Waals surface area contributed by atoms with Crippen molar-refractivity contribution in [1.82, 2.24) is 0 Å². The molecular formula is C12H15ClFNO. The third kappa shape index (κ3) is 1.73. The molecule has 1 unspecified atom stereocenters. The first-order chi connectivity index (χ1) is 7.60. The minimum atomic E-state index is -0.903. The van der Waals surface area contributed by atoms with Crippen molar-refractivity contribution in [2.24, 2.45) is 11.1 Å². The Hall–Kier alpha value is -0.640. The number of hydrogen-bond donors (Lipinski definition) is 2. The summed E-state index contributed by atoms with van der Waals surface area (Å²) in [6.45, 7) is 0.360. The Morgan fingerprint density at radius 3 is 2.62 bits per heavy atom. The van der Waals surface area contributed by atoms with E-state index in [1.807, 2.05) is 0 Å². The van der Waals surface area contributed by atoms with Crippen molar-refractivity contribution in [3.63, 3.8) is 0 Å². The van der Waals surface area contributed by atoms with Crippen LogP contribution in [-0.2, 0) is 0 Å². The van der Waals surface area contributed by atoms with Gasteiger partial charge in [0.2, 0.25) is 0 Å². The second-order valence-corrected chi connectivity index (χ2v) is 4.87. The largest absolute Gasteiger partial charge is 0.388 e. The van der Waals surface area contributed by atoms with Gasteiger partial charge in [0.25, 0.3) is 0 Å². The van der Waals surface area contributed by atoms with Crippen molar-refractivity contribution in [3.8, 4) is 0 Å². The molecule has 0 saturated heterocycles. The number of rotatable bonds is 3. The second-order valence-electron chi connectivity index (χ2n) is 4.46. The summed E-state index contributed by atoms with van der Waals surface area (Å²) >= 11 is 5.93. The lowest BCUT2D eigenvalue weighted by Gasteiger charge is -2.45. The lowest BCUT2D eigenvalue weighted by molar-refractivity contribution is -0.0315. The van der Waals surface area contributed by atoms with E-state index in [9.17, 15) is 9.50 Å². The molecule has 0 bridgehead atoms. The fourth-order valence-corrected chi connectivity index (χ4v) is 2.56. The van der Waals surface area contributed by atoms with Crippen molar-refractivity contribution < 1.29 is 9.50 Å². The summed E-state index contributed by atoms with van der Waals surface area (Å²) in [5, 5.41) is 10.5. The molecule has 2 nitrogen and oxygen atoms in total. The number of aliphatic hydroxyl groups is 1. The molecule has 1 aromatic carbocycles. The molecule has 1 aliphatic rings. The summed E-state index contributed by atoms with van der Waals surface area (Å²) in [5.74, 6) is -0.459. The van der Waals surface area contributed by atoms with E-state index in [1.54, 1.807) is 6.07 Å². The zero-order valence-electron chi connectivity index (χ0n) is 8.92. The molecule has 16 heavy (non-hydrogen) atoms. The monoisotopic (exact) mass is 243 g/mol. The van der Waals surface area contributed by atoms with Crippen LogP contribution in [-0.4, -0.2) is 11.7 Å². The van der Waals surface area contributed by atoms with Crippen LogP contribution in [0.5, 0.6) is 0 Å². The van der Waals surface area contributed by atoms with Crippen LogP contribution in [0.25, 0.3) is 0 Å². The highest BCUT2D eigenvalue weighted by Crippen LogP contribution is 2.50. The van der Waals surface area contributed by atoms with Crippen LogP contribution in [0, 0.1) is 11.2 Å². The summed E-state index contributed by atoms with van der Waals surface area (Å²) in [4.78, 5) is 0. The number of nitrogens with two attached hydrogens (primary N) is 1. The van der Waals surface area contributed by atoms with Crippen molar-refractivity contribution in [2.45, 2.75) is 25.4 Å². The molecule has 0 radical (unpaired) electrons. The second kappa shape index (κ2) is 4.32. The van der Waals surface area contributed by atoms with Gasteiger partial charge in [0, 0.05) is 22.5 Å². The molecule has 0 spiro atoms. The minimum absolute atomic E-state index is 0.189. The molecule has 0 aliphatic heterocycles. The third-order valence-electron chi connectivity index (χ3n) is 3.61. The quantitative estimate of drug-likeness (QED) is 0.857. The van der Waals surface area contributed by atoms with E-state index in [0.29, 0.717) is 6.54 Å². The average Bonchev–Trinajstić information content (AvgIpc) is 2.16. The molecule has 1 aromatic rings. The van der Waals surface area contributed by atoms with Gasteiger partial charge >= 0.3 is 0 Å². The van der Waals surface area contributed by atoms with Gasteiger partial charge in [-0.1, -0.05) is 24.1 Å². The fourth-order valence-electron chi connectivity index (χ4n) is 2.30. The summed E-state index contributed by atoms with van der Waals surface area (Å²) < 4.78 is 13.6. The molecule has 1 aliphatic carbocycles. The predicted molar refractivity (Wildman–Crippen MR) is 61.7 cm³/mol. The van der Waals surface area contributed by atoms with Crippen LogP contribution in [0.1, 0.15) is 30.9 Å². The fraction of sp³-hybridized carbons (Fsp3) is 0.500. The Labute approximate surface area is 99.2 Å². The summed E-state index contributed by atoms with van der Waals surface area (Å²) in [7, 11) is 0. The van der Waals surface area contributed by atoms with E-state index in [2.05, 4.69) is 0 Å². The molecule has 1 atom stereocenters. The zero-order chi connectivity index (χ0) is 11.8. The molecule has 3 N–H and O–H groups in total. The van der Waals surface area contributed by atoms with Crippen molar-refractivity contribution in [1.29, 1.82) is 0 Å². The van der Waals surface area contributed by atoms with E-state index < -0.39 is 11.9 Å². The van der Waals surface area contributed by atoms with Crippen LogP contribution in [0.2, 0.25) is 5.02 Å². The van der Waals surface area contributed by atoms with Crippen LogP contribution in [0.3, 0.4) is 0 Å². The molecule has 0 heterocycles. The summed E-state index contributed by atoms with van der Waals surface area (Å²) in [5.41, 5.74) is 5.49. The molecule has 0 amide bonds. The molecule has 1 fully saturated rings. The molecule has 4 heteroatoms. The zero-order valence-corrected chi connectivity index (χ0v) is 9.67. The number of halogens is 2. The van der Waals surface area contributed by atoms with Crippen molar-refractivity contribution in [3.05, 3.63) is 34.6 Å². The Balaban J connectivity index is 2.36. The van der Waals surface area contributed by atoms with Crippen LogP contribution in [0.4, 0.5) is 4.39 Å². The summed E-state index contributed by atoms with van der Waals surface area (Å²) in [6, 6.07) is 4.43. The lowest BCUT2D eigenvalue weighted by Crippen LogP contribution is -2.43. The molecule has 0 aromatic heterocycles. The number of benzene rings is 1.